The van der Waals surface area contributed by atoms with Crippen molar-refractivity contribution in [2.24, 2.45) is 0 Å². The number of esters is 1. The van der Waals surface area contributed by atoms with Gasteiger partial charge in [0.15, 0.2) is 31.1 Å². The molecule has 10 nitrogen and oxygen atoms in total. The molecule has 1 N–H and O–H groups in total. The Labute approximate surface area is 227 Å². The molecule has 0 aliphatic heterocycles. The summed E-state index contributed by atoms with van der Waals surface area (Å²) in [4.78, 5) is 30.8. The predicted octanol–water partition coefficient (Wildman–Crippen LogP) is 4.30. The molecule has 2 aromatic carbocycles. The number of carboxylic acids is 1. The second kappa shape index (κ2) is 11.9. The Morgan fingerprint density at radius 2 is 1.26 bits per heavy atom. The fraction of sp³-hybridized carbons (Fsp3) is 0.167. The van der Waals surface area contributed by atoms with Crippen molar-refractivity contribution in [3.8, 4) is 21.1 Å². The summed E-state index contributed by atoms with van der Waals surface area (Å²) >= 11 is 2.43. The van der Waals surface area contributed by atoms with Crippen molar-refractivity contribution >= 4 is 54.3 Å². The van der Waals surface area contributed by atoms with Gasteiger partial charge in [-0.3, -0.25) is 0 Å². The molecular formula is C24H22N2O8S4. The highest BCUT2D eigenvalue weighted by atomic mass is 32.2. The van der Waals surface area contributed by atoms with Crippen LogP contribution in [0.5, 0.6) is 0 Å². The molecular weight excluding hydrogens is 573 g/mol. The number of nitrogens with zero attached hydrogens (tertiary/aromatic N) is 2. The predicted molar refractivity (Wildman–Crippen MR) is 144 cm³/mol. The lowest BCUT2D eigenvalue weighted by Crippen LogP contribution is -2.04. The molecule has 2 heterocycles. The van der Waals surface area contributed by atoms with E-state index in [1.807, 2.05) is 0 Å². The number of hydrogen-bond acceptors (Lipinski definition) is 11. The van der Waals surface area contributed by atoms with Crippen LogP contribution >= 0.6 is 22.7 Å². The van der Waals surface area contributed by atoms with Gasteiger partial charge < -0.3 is 9.84 Å². The summed E-state index contributed by atoms with van der Waals surface area (Å²) in [6, 6.07) is 12.7. The maximum Gasteiger partial charge on any atom is 0.357 e. The molecule has 0 aliphatic rings. The second-order valence-electron chi connectivity index (χ2n) is 7.70. The topological polar surface area (TPSA) is 158 Å². The molecule has 0 radical (unpaired) electrons. The summed E-state index contributed by atoms with van der Waals surface area (Å²) < 4.78 is 50.7. The van der Waals surface area contributed by atoms with Crippen molar-refractivity contribution in [1.82, 2.24) is 9.97 Å². The van der Waals surface area contributed by atoms with E-state index in [2.05, 4.69) is 9.97 Å². The fourth-order valence-corrected chi connectivity index (χ4v) is 5.84. The van der Waals surface area contributed by atoms with Gasteiger partial charge in [-0.1, -0.05) is 24.3 Å². The Kier molecular flexibility index (Phi) is 9.14. The van der Waals surface area contributed by atoms with Crippen LogP contribution in [0, 0.1) is 0 Å². The number of carbonyl (C=O) groups excluding carboxylic acids is 1. The number of sulfone groups is 2. The molecule has 2 aromatic heterocycles. The number of rotatable bonds is 7. The Hall–Kier alpha value is -3.46. The summed E-state index contributed by atoms with van der Waals surface area (Å²) in [5, 5.41) is 12.9. The van der Waals surface area contributed by atoms with Crippen molar-refractivity contribution in [2.75, 3.05) is 19.1 Å². The molecule has 0 fully saturated rings. The molecule has 0 spiro atoms. The Balaban J connectivity index is 0.000000212. The van der Waals surface area contributed by atoms with Gasteiger partial charge in [-0.25, -0.2) is 36.4 Å². The standard InChI is InChI=1S/C13H13NO4S2.C11H9NO4S2/c1-3-18-13(15)11-8-19-12(14-11)9-5-4-6-10(7-9)20(2,16)17;1-18(15,16)8-4-2-3-7(5-8)10-12-9(6-17-10)11(13)14/h4-8H,3H2,1-2H3;2-6H,1H3,(H,13,14). The van der Waals surface area contributed by atoms with Gasteiger partial charge >= 0.3 is 11.9 Å². The van der Waals surface area contributed by atoms with Gasteiger partial charge in [0.2, 0.25) is 0 Å². The largest absolute Gasteiger partial charge is 0.476 e. The molecule has 4 rings (SSSR count). The first-order valence-corrected chi connectivity index (χ1v) is 16.3. The van der Waals surface area contributed by atoms with E-state index in [0.29, 0.717) is 21.1 Å². The first-order chi connectivity index (χ1) is 17.8. The van der Waals surface area contributed by atoms with E-state index in [4.69, 9.17) is 9.84 Å². The third-order valence-electron chi connectivity index (χ3n) is 4.73. The first-order valence-electron chi connectivity index (χ1n) is 10.7. The zero-order valence-electron chi connectivity index (χ0n) is 20.3. The number of aromatic nitrogens is 2. The van der Waals surface area contributed by atoms with Crippen LogP contribution in [0.1, 0.15) is 27.9 Å². The Bertz CT molecular complexity index is 1690. The van der Waals surface area contributed by atoms with E-state index >= 15 is 0 Å². The molecule has 0 unspecified atom stereocenters. The maximum absolute atomic E-state index is 11.5. The third kappa shape index (κ3) is 7.54. The van der Waals surface area contributed by atoms with Crippen LogP contribution in [0.2, 0.25) is 0 Å². The second-order valence-corrected chi connectivity index (χ2v) is 13.4. The smallest absolute Gasteiger partial charge is 0.357 e. The molecule has 38 heavy (non-hydrogen) atoms. The molecule has 14 heteroatoms. The van der Waals surface area contributed by atoms with E-state index in [1.54, 1.807) is 42.6 Å². The lowest BCUT2D eigenvalue weighted by atomic mass is 10.2. The zero-order chi connectivity index (χ0) is 28.1. The Morgan fingerprint density at radius 1 is 0.816 bits per heavy atom. The van der Waals surface area contributed by atoms with Gasteiger partial charge in [-0.05, 0) is 31.2 Å². The highest BCUT2D eigenvalue weighted by Gasteiger charge is 2.15. The number of thiazole rings is 2. The molecule has 0 bridgehead atoms. The zero-order valence-corrected chi connectivity index (χ0v) is 23.6. The van der Waals surface area contributed by atoms with Crippen LogP contribution < -0.4 is 0 Å². The van der Waals surface area contributed by atoms with Gasteiger partial charge in [0, 0.05) is 34.4 Å². The highest BCUT2D eigenvalue weighted by Crippen LogP contribution is 2.27. The maximum atomic E-state index is 11.5. The monoisotopic (exact) mass is 594 g/mol. The first kappa shape index (κ1) is 29.1. The quantitative estimate of drug-likeness (QED) is 0.306. The number of ether oxygens (including phenoxy) is 1. The molecule has 4 aromatic rings. The molecule has 0 amide bonds. The highest BCUT2D eigenvalue weighted by molar-refractivity contribution is 7.91. The summed E-state index contributed by atoms with van der Waals surface area (Å²) in [5.41, 5.74) is 1.44. The van der Waals surface area contributed by atoms with Crippen LogP contribution in [-0.4, -0.2) is 63.0 Å². The van der Waals surface area contributed by atoms with Gasteiger partial charge in [-0.2, -0.15) is 0 Å². The van der Waals surface area contributed by atoms with Gasteiger partial charge in [0.1, 0.15) is 10.0 Å². The van der Waals surface area contributed by atoms with E-state index in [0.717, 1.165) is 23.8 Å². The summed E-state index contributed by atoms with van der Waals surface area (Å²) in [6.45, 7) is 2.01. The van der Waals surface area contributed by atoms with Crippen LogP contribution in [0.4, 0.5) is 0 Å². The van der Waals surface area contributed by atoms with Crippen molar-refractivity contribution < 1.29 is 36.3 Å². The fourth-order valence-electron chi connectivity index (χ4n) is 2.93. The molecule has 0 saturated carbocycles. The van der Waals surface area contributed by atoms with Crippen molar-refractivity contribution in [3.63, 3.8) is 0 Å². The number of benzene rings is 2. The minimum atomic E-state index is -3.28. The van der Waals surface area contributed by atoms with Gasteiger partial charge in [-0.15, -0.1) is 22.7 Å². The number of aromatic carboxylic acids is 1. The molecule has 200 valence electrons. The average Bonchev–Trinajstić information content (AvgIpc) is 3.55. The van der Waals surface area contributed by atoms with Crippen LogP contribution in [0.15, 0.2) is 69.1 Å². The van der Waals surface area contributed by atoms with Crippen LogP contribution in [0.25, 0.3) is 21.1 Å². The molecule has 0 saturated heterocycles. The minimum absolute atomic E-state index is 0.0419. The summed E-state index contributed by atoms with van der Waals surface area (Å²) in [6.07, 6.45) is 2.27. The SMILES string of the molecule is CCOC(=O)c1csc(-c2cccc(S(C)(=O)=O)c2)n1.CS(=O)(=O)c1cccc(-c2nc(C(=O)O)cs2)c1. The number of carboxylic acid groups (broad SMARTS) is 1. The minimum Gasteiger partial charge on any atom is -0.476 e. The van der Waals surface area contributed by atoms with Crippen LogP contribution in [0.3, 0.4) is 0 Å². The van der Waals surface area contributed by atoms with E-state index < -0.39 is 31.6 Å². The molecule has 0 aliphatic carbocycles. The molecule has 0 atom stereocenters. The van der Waals surface area contributed by atoms with Crippen molar-refractivity contribution in [2.45, 2.75) is 16.7 Å². The summed E-state index contributed by atoms with van der Waals surface area (Å²) in [5.74, 6) is -1.58. The number of carbonyl (C=O) groups is 2. The normalized spacial score (nSPS) is 11.3. The van der Waals surface area contributed by atoms with Crippen molar-refractivity contribution in [3.05, 3.63) is 70.7 Å². The number of hydrogen-bond donors (Lipinski definition) is 1. The van der Waals surface area contributed by atoms with E-state index in [-0.39, 0.29) is 27.8 Å². The lowest BCUT2D eigenvalue weighted by molar-refractivity contribution is 0.0520. The average molecular weight is 595 g/mol. The third-order valence-corrected chi connectivity index (χ3v) is 8.73. The lowest BCUT2D eigenvalue weighted by Gasteiger charge is -2.01. The van der Waals surface area contributed by atoms with E-state index in [9.17, 15) is 26.4 Å². The van der Waals surface area contributed by atoms with E-state index in [1.165, 1.54) is 34.9 Å². The van der Waals surface area contributed by atoms with Crippen molar-refractivity contribution in [1.29, 1.82) is 0 Å². The van der Waals surface area contributed by atoms with Crippen LogP contribution in [-0.2, 0) is 24.4 Å². The van der Waals surface area contributed by atoms with Gasteiger partial charge in [0.25, 0.3) is 0 Å². The summed E-state index contributed by atoms with van der Waals surface area (Å²) in [7, 11) is -6.55. The Morgan fingerprint density at radius 3 is 1.66 bits per heavy atom. The van der Waals surface area contributed by atoms with Gasteiger partial charge in [0.05, 0.1) is 16.4 Å².